The van der Waals surface area contributed by atoms with Crippen LogP contribution in [0, 0.1) is 10.1 Å². The van der Waals surface area contributed by atoms with Crippen molar-refractivity contribution < 1.29 is 28.8 Å². The number of rotatable bonds is 5. The van der Waals surface area contributed by atoms with Crippen LogP contribution in [-0.4, -0.2) is 40.3 Å². The van der Waals surface area contributed by atoms with E-state index in [2.05, 4.69) is 4.99 Å². The number of ether oxygens (including phenoxy) is 1. The summed E-state index contributed by atoms with van der Waals surface area (Å²) < 4.78 is 6.63. The Labute approximate surface area is 189 Å². The average molecular weight is 468 g/mol. The van der Waals surface area contributed by atoms with Gasteiger partial charge in [-0.15, -0.1) is 0 Å². The lowest BCUT2D eigenvalue weighted by Gasteiger charge is -2.13. The molecule has 0 unspecified atom stereocenters. The first-order valence-corrected chi connectivity index (χ1v) is 10.5. The number of hydrogen-bond acceptors (Lipinski definition) is 8. The molecular weight excluding hydrogens is 452 g/mol. The second-order valence-corrected chi connectivity index (χ2v) is 8.05. The van der Waals surface area contributed by atoms with Gasteiger partial charge in [0.15, 0.2) is 4.80 Å². The topological polar surface area (TPSA) is 141 Å². The Kier molecular flexibility index (Phi) is 5.84. The van der Waals surface area contributed by atoms with E-state index >= 15 is 0 Å². The SMILES string of the molecule is COC(=O)Cn1c(=NC(=O)c2ccc(N3C(=O)CCC3=O)cc2)sc2cc([N+](=O)[O-])ccc21. The molecule has 33 heavy (non-hydrogen) atoms. The van der Waals surface area contributed by atoms with Crippen molar-refractivity contribution in [3.63, 3.8) is 0 Å². The normalized spacial score (nSPS) is 14.2. The van der Waals surface area contributed by atoms with Crippen molar-refractivity contribution in [3.8, 4) is 0 Å². The number of thiazole rings is 1. The zero-order valence-corrected chi connectivity index (χ0v) is 18.0. The van der Waals surface area contributed by atoms with Gasteiger partial charge in [-0.2, -0.15) is 4.99 Å². The van der Waals surface area contributed by atoms with Gasteiger partial charge >= 0.3 is 5.97 Å². The predicted molar refractivity (Wildman–Crippen MR) is 117 cm³/mol. The number of methoxy groups -OCH3 is 1. The molecule has 1 aliphatic rings. The molecule has 0 saturated carbocycles. The van der Waals surface area contributed by atoms with Crippen LogP contribution in [0.5, 0.6) is 0 Å². The Morgan fingerprint density at radius 3 is 2.39 bits per heavy atom. The van der Waals surface area contributed by atoms with Crippen LogP contribution in [0.25, 0.3) is 10.2 Å². The number of aromatic nitrogens is 1. The Hall–Kier alpha value is -4.19. The Morgan fingerprint density at radius 1 is 1.12 bits per heavy atom. The van der Waals surface area contributed by atoms with Crippen LogP contribution in [0.4, 0.5) is 11.4 Å². The lowest BCUT2D eigenvalue weighted by molar-refractivity contribution is -0.384. The molecule has 1 fully saturated rings. The predicted octanol–water partition coefficient (Wildman–Crippen LogP) is 2.18. The lowest BCUT2D eigenvalue weighted by atomic mass is 10.2. The fourth-order valence-electron chi connectivity index (χ4n) is 3.38. The van der Waals surface area contributed by atoms with Crippen molar-refractivity contribution in [1.29, 1.82) is 0 Å². The number of fused-ring (bicyclic) bond motifs is 1. The minimum atomic E-state index is -0.625. The molecule has 1 aromatic heterocycles. The highest BCUT2D eigenvalue weighted by Gasteiger charge is 2.30. The molecule has 0 atom stereocenters. The van der Waals surface area contributed by atoms with Crippen LogP contribution in [0.2, 0.25) is 0 Å². The van der Waals surface area contributed by atoms with E-state index < -0.39 is 16.8 Å². The van der Waals surface area contributed by atoms with E-state index in [-0.39, 0.29) is 47.3 Å². The number of carbonyl (C=O) groups excluding carboxylic acids is 4. The molecule has 1 aliphatic heterocycles. The minimum Gasteiger partial charge on any atom is -0.468 e. The van der Waals surface area contributed by atoms with Crippen LogP contribution >= 0.6 is 11.3 Å². The molecule has 0 N–H and O–H groups in total. The number of imide groups is 1. The summed E-state index contributed by atoms with van der Waals surface area (Å²) in [7, 11) is 1.22. The van der Waals surface area contributed by atoms with Crippen LogP contribution in [0.15, 0.2) is 47.5 Å². The third-order valence-electron chi connectivity index (χ3n) is 5.01. The Balaban J connectivity index is 1.72. The van der Waals surface area contributed by atoms with Crippen molar-refractivity contribution in [2.45, 2.75) is 19.4 Å². The number of nitro groups is 1. The number of anilines is 1. The Bertz CT molecular complexity index is 1370. The summed E-state index contributed by atoms with van der Waals surface area (Å²) in [4.78, 5) is 64.3. The van der Waals surface area contributed by atoms with E-state index in [9.17, 15) is 29.3 Å². The van der Waals surface area contributed by atoms with Crippen LogP contribution in [-0.2, 0) is 25.7 Å². The summed E-state index contributed by atoms with van der Waals surface area (Å²) in [5.41, 5.74) is 0.928. The third kappa shape index (κ3) is 4.28. The first-order valence-electron chi connectivity index (χ1n) is 9.68. The number of benzene rings is 2. The fraction of sp³-hybridized carbons (Fsp3) is 0.190. The third-order valence-corrected chi connectivity index (χ3v) is 6.05. The molecule has 3 aromatic rings. The van der Waals surface area contributed by atoms with E-state index in [0.717, 1.165) is 16.2 Å². The van der Waals surface area contributed by atoms with E-state index in [1.54, 1.807) is 0 Å². The maximum absolute atomic E-state index is 12.8. The van der Waals surface area contributed by atoms with Gasteiger partial charge in [0, 0.05) is 30.5 Å². The molecule has 11 nitrogen and oxygen atoms in total. The average Bonchev–Trinajstić information content (AvgIpc) is 3.31. The summed E-state index contributed by atoms with van der Waals surface area (Å²) in [6.07, 6.45) is 0.304. The maximum Gasteiger partial charge on any atom is 0.325 e. The molecule has 1 saturated heterocycles. The molecule has 0 spiro atoms. The first kappa shape index (κ1) is 22.0. The van der Waals surface area contributed by atoms with Gasteiger partial charge in [0.1, 0.15) is 6.54 Å². The van der Waals surface area contributed by atoms with Gasteiger partial charge in [-0.05, 0) is 30.3 Å². The van der Waals surface area contributed by atoms with E-state index in [1.165, 1.54) is 54.1 Å². The molecular formula is C21H16N4O7S. The minimum absolute atomic E-state index is 0.131. The molecule has 0 bridgehead atoms. The molecule has 0 aliphatic carbocycles. The van der Waals surface area contributed by atoms with Gasteiger partial charge in [0.05, 0.1) is 27.9 Å². The standard InChI is InChI=1S/C21H16N4O7S/c1-32-19(28)11-23-15-7-6-14(25(30)31)10-16(15)33-21(23)22-20(29)12-2-4-13(5-3-12)24-17(26)8-9-18(24)27/h2-7,10H,8-9,11H2,1H3. The zero-order valence-electron chi connectivity index (χ0n) is 17.2. The number of carbonyl (C=O) groups is 4. The van der Waals surface area contributed by atoms with Crippen molar-refractivity contribution >= 4 is 56.6 Å². The van der Waals surface area contributed by atoms with Crippen LogP contribution in [0.1, 0.15) is 23.2 Å². The van der Waals surface area contributed by atoms with Crippen molar-refractivity contribution in [3.05, 3.63) is 62.9 Å². The van der Waals surface area contributed by atoms with E-state index in [0.29, 0.717) is 15.9 Å². The van der Waals surface area contributed by atoms with Gasteiger partial charge in [0.25, 0.3) is 11.6 Å². The monoisotopic (exact) mass is 468 g/mol. The van der Waals surface area contributed by atoms with Crippen LogP contribution in [0.3, 0.4) is 0 Å². The highest BCUT2D eigenvalue weighted by Crippen LogP contribution is 2.24. The summed E-state index contributed by atoms with van der Waals surface area (Å²) in [6.45, 7) is -0.238. The smallest absolute Gasteiger partial charge is 0.325 e. The first-order chi connectivity index (χ1) is 15.8. The van der Waals surface area contributed by atoms with Crippen molar-refractivity contribution in [2.24, 2.45) is 4.99 Å². The number of nitrogens with zero attached hydrogens (tertiary/aromatic N) is 4. The molecule has 12 heteroatoms. The quantitative estimate of drug-likeness (QED) is 0.242. The summed E-state index contributed by atoms with van der Waals surface area (Å²) in [6, 6.07) is 9.99. The summed E-state index contributed by atoms with van der Waals surface area (Å²) >= 11 is 1.02. The van der Waals surface area contributed by atoms with E-state index in [4.69, 9.17) is 4.74 Å². The van der Waals surface area contributed by atoms with Gasteiger partial charge in [-0.25, -0.2) is 0 Å². The molecule has 168 valence electrons. The van der Waals surface area contributed by atoms with Crippen molar-refractivity contribution in [1.82, 2.24) is 4.57 Å². The Morgan fingerprint density at radius 2 is 1.79 bits per heavy atom. The maximum atomic E-state index is 12.8. The highest BCUT2D eigenvalue weighted by atomic mass is 32.1. The zero-order chi connectivity index (χ0) is 23.7. The largest absolute Gasteiger partial charge is 0.468 e. The molecule has 0 radical (unpaired) electrons. The summed E-state index contributed by atoms with van der Waals surface area (Å²) in [5.74, 6) is -1.80. The number of hydrogen-bond donors (Lipinski definition) is 0. The van der Waals surface area contributed by atoms with E-state index in [1.807, 2.05) is 0 Å². The van der Waals surface area contributed by atoms with Gasteiger partial charge < -0.3 is 9.30 Å². The second-order valence-electron chi connectivity index (χ2n) is 7.04. The van der Waals surface area contributed by atoms with Gasteiger partial charge in [0.2, 0.25) is 11.8 Å². The highest BCUT2D eigenvalue weighted by molar-refractivity contribution is 7.16. The molecule has 2 aromatic carbocycles. The number of amides is 3. The second kappa shape index (κ2) is 8.74. The number of nitro benzene ring substituents is 1. The number of non-ortho nitro benzene ring substituents is 1. The van der Waals surface area contributed by atoms with Gasteiger partial charge in [-0.1, -0.05) is 11.3 Å². The van der Waals surface area contributed by atoms with Crippen LogP contribution < -0.4 is 9.70 Å². The number of esters is 1. The fourth-order valence-corrected chi connectivity index (χ4v) is 4.44. The summed E-state index contributed by atoms with van der Waals surface area (Å²) in [5, 5.41) is 11.1. The lowest BCUT2D eigenvalue weighted by Crippen LogP contribution is -2.28. The molecule has 3 amide bonds. The van der Waals surface area contributed by atoms with Gasteiger partial charge in [-0.3, -0.25) is 34.2 Å². The molecule has 4 rings (SSSR count). The van der Waals surface area contributed by atoms with Crippen molar-refractivity contribution in [2.75, 3.05) is 12.0 Å². The molecule has 2 heterocycles.